The molecule has 0 heterocycles. The fraction of sp³-hybridized carbons (Fsp3) is 0.571. The maximum Gasteiger partial charge on any atom is 0.209 e. The van der Waals surface area contributed by atoms with Crippen molar-refractivity contribution < 1.29 is 13.2 Å². The molecule has 0 saturated heterocycles. The summed E-state index contributed by atoms with van der Waals surface area (Å²) >= 11 is 0. The number of sulfonamides is 1. The monoisotopic (exact) mass is 334 g/mol. The van der Waals surface area contributed by atoms with Crippen molar-refractivity contribution >= 4 is 22.4 Å². The van der Waals surface area contributed by atoms with E-state index in [4.69, 9.17) is 10.5 Å². The van der Waals surface area contributed by atoms with Crippen molar-refractivity contribution in [1.82, 2.24) is 4.72 Å². The van der Waals surface area contributed by atoms with E-state index in [1.165, 1.54) is 6.26 Å². The lowest BCUT2D eigenvalue weighted by atomic mass is 9.76. The van der Waals surface area contributed by atoms with Crippen molar-refractivity contribution in [3.8, 4) is 5.75 Å². The van der Waals surface area contributed by atoms with Gasteiger partial charge in [0.15, 0.2) is 0 Å². The molecule has 1 fully saturated rings. The number of methoxy groups -OCH3 is 1. The molecule has 120 valence electrons. The van der Waals surface area contributed by atoms with Gasteiger partial charge in [-0.3, -0.25) is 0 Å². The van der Waals surface area contributed by atoms with E-state index in [1.807, 2.05) is 24.3 Å². The summed E-state index contributed by atoms with van der Waals surface area (Å²) in [5.41, 5.74) is 6.32. The standard InChI is InChI=1S/C14H22N2O3S.ClH/c1-19-13-5-3-4-11(10-13)14(16-20(2,17)18)8-6-12(15)7-9-14;/h3-5,10,12,16H,6-9,15H2,1-2H3;1H/t12-,14+;. The number of ether oxygens (including phenoxy) is 1. The predicted molar refractivity (Wildman–Crippen MR) is 86.3 cm³/mol. The third-order valence-corrected chi connectivity index (χ3v) is 4.65. The highest BCUT2D eigenvalue weighted by Crippen LogP contribution is 2.38. The minimum atomic E-state index is -3.30. The Kier molecular flexibility index (Phi) is 6.04. The quantitative estimate of drug-likeness (QED) is 0.879. The molecule has 0 aromatic heterocycles. The molecule has 1 aliphatic carbocycles. The molecule has 0 amide bonds. The van der Waals surface area contributed by atoms with Crippen molar-refractivity contribution in [3.63, 3.8) is 0 Å². The van der Waals surface area contributed by atoms with Gasteiger partial charge < -0.3 is 10.5 Å². The highest BCUT2D eigenvalue weighted by atomic mass is 35.5. The molecule has 1 saturated carbocycles. The number of nitrogens with two attached hydrogens (primary N) is 1. The summed E-state index contributed by atoms with van der Waals surface area (Å²) < 4.78 is 31.5. The Hall–Kier alpha value is -0.820. The van der Waals surface area contributed by atoms with Crippen molar-refractivity contribution in [1.29, 1.82) is 0 Å². The second kappa shape index (κ2) is 6.96. The Morgan fingerprint density at radius 2 is 1.95 bits per heavy atom. The summed E-state index contributed by atoms with van der Waals surface area (Å²) in [5, 5.41) is 0. The molecule has 3 N–H and O–H groups in total. The smallest absolute Gasteiger partial charge is 0.209 e. The van der Waals surface area contributed by atoms with E-state index < -0.39 is 15.6 Å². The topological polar surface area (TPSA) is 81.4 Å². The van der Waals surface area contributed by atoms with Gasteiger partial charge in [0.2, 0.25) is 10.0 Å². The molecule has 0 atom stereocenters. The zero-order valence-corrected chi connectivity index (χ0v) is 14.0. The van der Waals surface area contributed by atoms with Gasteiger partial charge in [0, 0.05) is 6.04 Å². The van der Waals surface area contributed by atoms with Crippen molar-refractivity contribution in [3.05, 3.63) is 29.8 Å². The van der Waals surface area contributed by atoms with E-state index in [0.717, 1.165) is 24.2 Å². The number of halogens is 1. The van der Waals surface area contributed by atoms with Crippen LogP contribution in [-0.4, -0.2) is 27.8 Å². The van der Waals surface area contributed by atoms with Gasteiger partial charge in [-0.2, -0.15) is 0 Å². The lowest BCUT2D eigenvalue weighted by molar-refractivity contribution is 0.252. The highest BCUT2D eigenvalue weighted by molar-refractivity contribution is 7.88. The number of nitrogens with one attached hydrogen (secondary N) is 1. The molecule has 0 radical (unpaired) electrons. The molecule has 0 bridgehead atoms. The van der Waals surface area contributed by atoms with Crippen molar-refractivity contribution in [2.24, 2.45) is 5.73 Å². The summed E-state index contributed by atoms with van der Waals surface area (Å²) in [7, 11) is -1.70. The summed E-state index contributed by atoms with van der Waals surface area (Å²) in [4.78, 5) is 0. The van der Waals surface area contributed by atoms with Crippen LogP contribution in [0.4, 0.5) is 0 Å². The van der Waals surface area contributed by atoms with Crippen LogP contribution in [0, 0.1) is 0 Å². The van der Waals surface area contributed by atoms with Crippen LogP contribution < -0.4 is 15.2 Å². The molecule has 0 spiro atoms. The van der Waals surface area contributed by atoms with E-state index in [1.54, 1.807) is 7.11 Å². The molecular formula is C14H23ClN2O3S. The van der Waals surface area contributed by atoms with Crippen LogP contribution in [-0.2, 0) is 15.6 Å². The van der Waals surface area contributed by atoms with Gasteiger partial charge in [-0.15, -0.1) is 12.4 Å². The SMILES string of the molecule is COc1cccc([C@]2(NS(C)(=O)=O)CC[C@@H](N)CC2)c1.Cl. The molecule has 7 heteroatoms. The normalized spacial score (nSPS) is 26.0. The first kappa shape index (κ1) is 18.2. The fourth-order valence-electron chi connectivity index (χ4n) is 2.86. The summed E-state index contributed by atoms with van der Waals surface area (Å²) in [5.74, 6) is 0.729. The van der Waals surface area contributed by atoms with Crippen LogP contribution in [0.1, 0.15) is 31.2 Å². The van der Waals surface area contributed by atoms with Gasteiger partial charge in [0.05, 0.1) is 18.9 Å². The Balaban J connectivity index is 0.00000220. The largest absolute Gasteiger partial charge is 0.497 e. The van der Waals surface area contributed by atoms with E-state index in [9.17, 15) is 8.42 Å². The molecule has 0 aliphatic heterocycles. The lowest BCUT2D eigenvalue weighted by Crippen LogP contribution is -2.49. The lowest BCUT2D eigenvalue weighted by Gasteiger charge is -2.40. The molecule has 0 unspecified atom stereocenters. The molecule has 1 aromatic rings. The van der Waals surface area contributed by atoms with Crippen LogP contribution in [0.5, 0.6) is 5.75 Å². The number of hydrogen-bond acceptors (Lipinski definition) is 4. The Labute approximate surface area is 132 Å². The number of hydrogen-bond donors (Lipinski definition) is 2. The van der Waals surface area contributed by atoms with Crippen LogP contribution in [0.15, 0.2) is 24.3 Å². The Morgan fingerprint density at radius 3 is 2.48 bits per heavy atom. The van der Waals surface area contributed by atoms with Crippen molar-refractivity contribution in [2.45, 2.75) is 37.3 Å². The fourth-order valence-corrected chi connectivity index (χ4v) is 3.89. The molecule has 5 nitrogen and oxygen atoms in total. The minimum absolute atomic E-state index is 0. The van der Waals surface area contributed by atoms with Gasteiger partial charge in [0.1, 0.15) is 5.75 Å². The predicted octanol–water partition coefficient (Wildman–Crippen LogP) is 1.76. The first-order valence-electron chi connectivity index (χ1n) is 6.74. The van der Waals surface area contributed by atoms with Gasteiger partial charge in [-0.25, -0.2) is 13.1 Å². The summed E-state index contributed by atoms with van der Waals surface area (Å²) in [6, 6.07) is 7.72. The molecular weight excluding hydrogens is 312 g/mol. The third kappa shape index (κ3) is 4.57. The van der Waals surface area contributed by atoms with Crippen LogP contribution in [0.3, 0.4) is 0 Å². The molecule has 2 rings (SSSR count). The average Bonchev–Trinajstić information content (AvgIpc) is 2.40. The number of rotatable bonds is 4. The van der Waals surface area contributed by atoms with Crippen LogP contribution >= 0.6 is 12.4 Å². The van der Waals surface area contributed by atoms with Crippen LogP contribution in [0.25, 0.3) is 0 Å². The molecule has 1 aliphatic rings. The van der Waals surface area contributed by atoms with Gasteiger partial charge >= 0.3 is 0 Å². The van der Waals surface area contributed by atoms with E-state index in [-0.39, 0.29) is 18.4 Å². The van der Waals surface area contributed by atoms with Crippen LogP contribution in [0.2, 0.25) is 0 Å². The number of benzene rings is 1. The Morgan fingerprint density at radius 1 is 1.33 bits per heavy atom. The zero-order chi connectivity index (χ0) is 14.8. The summed E-state index contributed by atoms with van der Waals surface area (Å²) in [6.07, 6.45) is 4.21. The first-order chi connectivity index (χ1) is 9.35. The minimum Gasteiger partial charge on any atom is -0.497 e. The van der Waals surface area contributed by atoms with Crippen molar-refractivity contribution in [2.75, 3.05) is 13.4 Å². The summed E-state index contributed by atoms with van der Waals surface area (Å²) in [6.45, 7) is 0. The second-order valence-corrected chi connectivity index (χ2v) is 7.27. The van der Waals surface area contributed by atoms with Gasteiger partial charge in [0.25, 0.3) is 0 Å². The zero-order valence-electron chi connectivity index (χ0n) is 12.3. The average molecular weight is 335 g/mol. The maximum absolute atomic E-state index is 11.7. The highest BCUT2D eigenvalue weighted by Gasteiger charge is 2.38. The van der Waals surface area contributed by atoms with E-state index in [0.29, 0.717) is 12.8 Å². The Bertz CT molecular complexity index is 569. The van der Waals surface area contributed by atoms with Gasteiger partial charge in [-0.05, 0) is 43.4 Å². The molecule has 1 aromatic carbocycles. The maximum atomic E-state index is 11.7. The van der Waals surface area contributed by atoms with E-state index in [2.05, 4.69) is 4.72 Å². The van der Waals surface area contributed by atoms with E-state index >= 15 is 0 Å². The van der Waals surface area contributed by atoms with Gasteiger partial charge in [-0.1, -0.05) is 12.1 Å². The second-order valence-electron chi connectivity index (χ2n) is 5.53. The molecule has 21 heavy (non-hydrogen) atoms. The third-order valence-electron chi connectivity index (χ3n) is 3.89. The first-order valence-corrected chi connectivity index (χ1v) is 8.63.